The van der Waals surface area contributed by atoms with Crippen molar-refractivity contribution in [2.45, 2.75) is 12.8 Å². The van der Waals surface area contributed by atoms with Crippen molar-refractivity contribution < 1.29 is 4.74 Å². The average molecular weight is 248 g/mol. The highest BCUT2D eigenvalue weighted by Gasteiger charge is 1.99. The highest BCUT2D eigenvalue weighted by atomic mass is 35.5. The minimum Gasteiger partial charge on any atom is -0.478 e. The summed E-state index contributed by atoms with van der Waals surface area (Å²) in [5.74, 6) is 1.20. The second-order valence-electron chi connectivity index (χ2n) is 3.65. The summed E-state index contributed by atoms with van der Waals surface area (Å²) in [6.45, 7) is 2.58. The van der Waals surface area contributed by atoms with Crippen molar-refractivity contribution in [1.29, 1.82) is 0 Å². The molecule has 2 nitrogen and oxygen atoms in total. The molecule has 1 aromatic carbocycles. The molecule has 3 heteroatoms. The van der Waals surface area contributed by atoms with Crippen LogP contribution in [0.1, 0.15) is 12.5 Å². The van der Waals surface area contributed by atoms with E-state index in [-0.39, 0.29) is 0 Å². The molecule has 1 heterocycles. The zero-order valence-electron chi connectivity index (χ0n) is 9.69. The van der Waals surface area contributed by atoms with Gasteiger partial charge in [-0.05, 0) is 24.1 Å². The number of hydrogen-bond donors (Lipinski definition) is 0. The van der Waals surface area contributed by atoms with Gasteiger partial charge in [0.15, 0.2) is 0 Å². The first kappa shape index (κ1) is 11.9. The molecule has 88 valence electrons. The Morgan fingerprint density at radius 3 is 2.29 bits per heavy atom. The SMILES string of the molecule is CCOc1ccc(-c2ccc(CCl)cc2)cn1. The lowest BCUT2D eigenvalue weighted by molar-refractivity contribution is 0.327. The Bertz CT molecular complexity index is 465. The predicted octanol–water partition coefficient (Wildman–Crippen LogP) is 3.89. The van der Waals surface area contributed by atoms with Crippen molar-refractivity contribution in [3.8, 4) is 17.0 Å². The van der Waals surface area contributed by atoms with E-state index >= 15 is 0 Å². The summed E-state index contributed by atoms with van der Waals surface area (Å²) in [6.07, 6.45) is 1.82. The number of benzene rings is 1. The number of ether oxygens (including phenoxy) is 1. The van der Waals surface area contributed by atoms with Crippen LogP contribution in [0.2, 0.25) is 0 Å². The predicted molar refractivity (Wildman–Crippen MR) is 70.4 cm³/mol. The van der Waals surface area contributed by atoms with Gasteiger partial charge in [-0.1, -0.05) is 24.3 Å². The third-order valence-electron chi connectivity index (χ3n) is 2.47. The van der Waals surface area contributed by atoms with E-state index in [2.05, 4.69) is 17.1 Å². The molecule has 2 rings (SSSR count). The maximum atomic E-state index is 5.75. The van der Waals surface area contributed by atoms with Crippen LogP contribution in [0.15, 0.2) is 42.6 Å². The zero-order chi connectivity index (χ0) is 12.1. The van der Waals surface area contributed by atoms with Gasteiger partial charge >= 0.3 is 0 Å². The van der Waals surface area contributed by atoms with Gasteiger partial charge in [0, 0.05) is 23.7 Å². The van der Waals surface area contributed by atoms with Gasteiger partial charge in [-0.3, -0.25) is 0 Å². The van der Waals surface area contributed by atoms with Gasteiger partial charge in [-0.15, -0.1) is 11.6 Å². The lowest BCUT2D eigenvalue weighted by Gasteiger charge is -2.04. The van der Waals surface area contributed by atoms with Crippen LogP contribution in [0.3, 0.4) is 0 Å². The summed E-state index contributed by atoms with van der Waals surface area (Å²) in [6, 6.07) is 12.0. The van der Waals surface area contributed by atoms with Crippen LogP contribution in [0.4, 0.5) is 0 Å². The molecule has 0 N–H and O–H groups in total. The maximum Gasteiger partial charge on any atom is 0.213 e. The summed E-state index contributed by atoms with van der Waals surface area (Å²) < 4.78 is 5.30. The molecular formula is C14H14ClNO. The number of alkyl halides is 1. The topological polar surface area (TPSA) is 22.1 Å². The van der Waals surface area contributed by atoms with E-state index in [0.717, 1.165) is 16.7 Å². The molecule has 0 atom stereocenters. The first-order valence-electron chi connectivity index (χ1n) is 5.57. The lowest BCUT2D eigenvalue weighted by atomic mass is 10.1. The fourth-order valence-electron chi connectivity index (χ4n) is 1.57. The Kier molecular flexibility index (Phi) is 3.99. The number of hydrogen-bond acceptors (Lipinski definition) is 2. The molecule has 0 aliphatic rings. The highest BCUT2D eigenvalue weighted by Crippen LogP contribution is 2.21. The Hall–Kier alpha value is -1.54. The van der Waals surface area contributed by atoms with Gasteiger partial charge in [-0.25, -0.2) is 4.98 Å². The third kappa shape index (κ3) is 2.98. The van der Waals surface area contributed by atoms with Crippen LogP contribution < -0.4 is 4.74 Å². The molecule has 0 bridgehead atoms. The smallest absolute Gasteiger partial charge is 0.213 e. The minimum absolute atomic E-state index is 0.543. The van der Waals surface area contributed by atoms with Gasteiger partial charge in [0.2, 0.25) is 5.88 Å². The number of rotatable bonds is 4. The molecule has 0 saturated carbocycles. The maximum absolute atomic E-state index is 5.75. The number of pyridine rings is 1. The molecule has 0 spiro atoms. The van der Waals surface area contributed by atoms with E-state index in [9.17, 15) is 0 Å². The van der Waals surface area contributed by atoms with Gasteiger partial charge in [0.05, 0.1) is 6.61 Å². The van der Waals surface area contributed by atoms with Crippen LogP contribution in [0.5, 0.6) is 5.88 Å². The number of aromatic nitrogens is 1. The van der Waals surface area contributed by atoms with E-state index in [1.807, 2.05) is 37.4 Å². The van der Waals surface area contributed by atoms with E-state index in [1.54, 1.807) is 0 Å². The largest absolute Gasteiger partial charge is 0.478 e. The number of nitrogens with zero attached hydrogens (tertiary/aromatic N) is 1. The fraction of sp³-hybridized carbons (Fsp3) is 0.214. The third-order valence-corrected chi connectivity index (χ3v) is 2.78. The van der Waals surface area contributed by atoms with E-state index in [4.69, 9.17) is 16.3 Å². The van der Waals surface area contributed by atoms with Gasteiger partial charge in [0.25, 0.3) is 0 Å². The second kappa shape index (κ2) is 5.69. The second-order valence-corrected chi connectivity index (χ2v) is 3.92. The summed E-state index contributed by atoms with van der Waals surface area (Å²) in [7, 11) is 0. The van der Waals surface area contributed by atoms with Crippen LogP contribution >= 0.6 is 11.6 Å². The first-order valence-corrected chi connectivity index (χ1v) is 6.11. The minimum atomic E-state index is 0.543. The monoisotopic (exact) mass is 247 g/mol. The molecule has 0 saturated heterocycles. The quantitative estimate of drug-likeness (QED) is 0.765. The van der Waals surface area contributed by atoms with Crippen LogP contribution in [-0.4, -0.2) is 11.6 Å². The Balaban J connectivity index is 2.20. The fourth-order valence-corrected chi connectivity index (χ4v) is 1.75. The zero-order valence-corrected chi connectivity index (χ0v) is 10.4. The molecule has 2 aromatic rings. The Morgan fingerprint density at radius 1 is 1.06 bits per heavy atom. The van der Waals surface area contributed by atoms with Crippen molar-refractivity contribution in [1.82, 2.24) is 4.98 Å². The van der Waals surface area contributed by atoms with Crippen molar-refractivity contribution in [2.75, 3.05) is 6.61 Å². The van der Waals surface area contributed by atoms with Crippen LogP contribution in [-0.2, 0) is 5.88 Å². The van der Waals surface area contributed by atoms with E-state index in [0.29, 0.717) is 18.4 Å². The molecular weight excluding hydrogens is 234 g/mol. The standard InChI is InChI=1S/C14H14ClNO/c1-2-17-14-8-7-13(10-16-14)12-5-3-11(9-15)4-6-12/h3-8,10H,2,9H2,1H3. The van der Waals surface area contributed by atoms with Crippen LogP contribution in [0, 0.1) is 0 Å². The highest BCUT2D eigenvalue weighted by molar-refractivity contribution is 6.17. The first-order chi connectivity index (χ1) is 8.33. The molecule has 0 fully saturated rings. The molecule has 0 aliphatic carbocycles. The Labute approximate surface area is 106 Å². The molecule has 0 aliphatic heterocycles. The lowest BCUT2D eigenvalue weighted by Crippen LogP contribution is -1.93. The Morgan fingerprint density at radius 2 is 1.76 bits per heavy atom. The average Bonchev–Trinajstić information content (AvgIpc) is 2.40. The molecule has 17 heavy (non-hydrogen) atoms. The van der Waals surface area contributed by atoms with E-state index in [1.165, 1.54) is 0 Å². The van der Waals surface area contributed by atoms with Crippen molar-refractivity contribution in [2.24, 2.45) is 0 Å². The molecule has 0 unspecified atom stereocenters. The molecule has 1 aromatic heterocycles. The summed E-state index contributed by atoms with van der Waals surface area (Å²) in [5.41, 5.74) is 3.33. The molecule has 0 amide bonds. The van der Waals surface area contributed by atoms with Crippen molar-refractivity contribution >= 4 is 11.6 Å². The van der Waals surface area contributed by atoms with Gasteiger partial charge in [-0.2, -0.15) is 0 Å². The van der Waals surface area contributed by atoms with Gasteiger partial charge < -0.3 is 4.74 Å². The normalized spacial score (nSPS) is 10.2. The van der Waals surface area contributed by atoms with Crippen molar-refractivity contribution in [3.63, 3.8) is 0 Å². The van der Waals surface area contributed by atoms with Crippen molar-refractivity contribution in [3.05, 3.63) is 48.2 Å². The van der Waals surface area contributed by atoms with Crippen LogP contribution in [0.25, 0.3) is 11.1 Å². The van der Waals surface area contributed by atoms with Gasteiger partial charge in [0.1, 0.15) is 0 Å². The molecule has 0 radical (unpaired) electrons. The summed E-state index contributed by atoms with van der Waals surface area (Å²) in [4.78, 5) is 4.24. The summed E-state index contributed by atoms with van der Waals surface area (Å²) in [5, 5.41) is 0. The summed E-state index contributed by atoms with van der Waals surface area (Å²) >= 11 is 5.75. The van der Waals surface area contributed by atoms with E-state index < -0.39 is 0 Å². The number of halogens is 1.